The predicted molar refractivity (Wildman–Crippen MR) is 140 cm³/mol. The Morgan fingerprint density at radius 2 is 1.89 bits per heavy atom. The van der Waals surface area contributed by atoms with Gasteiger partial charge in [0, 0.05) is 55.0 Å². The molecule has 0 spiro atoms. The minimum atomic E-state index is -0.371. The van der Waals surface area contributed by atoms with Crippen LogP contribution in [0.1, 0.15) is 12.0 Å². The van der Waals surface area contributed by atoms with Gasteiger partial charge in [-0.15, -0.1) is 0 Å². The fourth-order valence-electron chi connectivity index (χ4n) is 4.23. The summed E-state index contributed by atoms with van der Waals surface area (Å²) in [6.07, 6.45) is 0.192. The van der Waals surface area contributed by atoms with Crippen molar-refractivity contribution in [2.24, 2.45) is 5.92 Å². The SMILES string of the molecule is Cc1cc(NC(=O)COc2ccc(N3C[C@H](C(=O)NCCN4CCOCC4)CC3=O)cc2)ccc1Br. The van der Waals surface area contributed by atoms with E-state index in [1.165, 1.54) is 0 Å². The molecular weight excluding hydrogens is 528 g/mol. The van der Waals surface area contributed by atoms with Crippen molar-refractivity contribution in [2.75, 3.05) is 62.8 Å². The molecule has 2 aliphatic heterocycles. The van der Waals surface area contributed by atoms with Gasteiger partial charge < -0.3 is 25.0 Å². The molecule has 2 saturated heterocycles. The number of hydrogen-bond donors (Lipinski definition) is 2. The van der Waals surface area contributed by atoms with Gasteiger partial charge >= 0.3 is 0 Å². The number of nitrogens with one attached hydrogen (secondary N) is 2. The van der Waals surface area contributed by atoms with E-state index in [1.807, 2.05) is 25.1 Å². The van der Waals surface area contributed by atoms with E-state index in [2.05, 4.69) is 31.5 Å². The first-order valence-electron chi connectivity index (χ1n) is 12.1. The van der Waals surface area contributed by atoms with Crippen LogP contribution >= 0.6 is 15.9 Å². The van der Waals surface area contributed by atoms with Gasteiger partial charge in [0.2, 0.25) is 11.8 Å². The third-order valence-corrected chi connectivity index (χ3v) is 7.18. The molecule has 2 fully saturated rings. The smallest absolute Gasteiger partial charge is 0.262 e. The van der Waals surface area contributed by atoms with Crippen LogP contribution in [0, 0.1) is 12.8 Å². The summed E-state index contributed by atoms with van der Waals surface area (Å²) in [4.78, 5) is 41.2. The van der Waals surface area contributed by atoms with Crippen LogP contribution in [-0.2, 0) is 19.1 Å². The first-order valence-corrected chi connectivity index (χ1v) is 12.9. The molecule has 0 aliphatic carbocycles. The number of morpholine rings is 1. The Morgan fingerprint density at radius 1 is 1.14 bits per heavy atom. The molecule has 2 N–H and O–H groups in total. The van der Waals surface area contributed by atoms with Crippen molar-refractivity contribution >= 4 is 45.0 Å². The first-order chi connectivity index (χ1) is 17.4. The third-order valence-electron chi connectivity index (χ3n) is 6.29. The highest BCUT2D eigenvalue weighted by Crippen LogP contribution is 2.27. The maximum Gasteiger partial charge on any atom is 0.262 e. The number of anilines is 2. The number of carbonyl (C=O) groups is 3. The molecule has 2 aromatic rings. The van der Waals surface area contributed by atoms with E-state index >= 15 is 0 Å². The lowest BCUT2D eigenvalue weighted by atomic mass is 10.1. The molecule has 1 atom stereocenters. The fourth-order valence-corrected chi connectivity index (χ4v) is 4.48. The Hall–Kier alpha value is -2.95. The minimum absolute atomic E-state index is 0.0823. The number of ether oxygens (including phenoxy) is 2. The topological polar surface area (TPSA) is 100 Å². The average molecular weight is 559 g/mol. The second-order valence-corrected chi connectivity index (χ2v) is 9.80. The molecule has 10 heteroatoms. The maximum absolute atomic E-state index is 12.6. The van der Waals surface area contributed by atoms with Gasteiger partial charge in [0.15, 0.2) is 6.61 Å². The largest absolute Gasteiger partial charge is 0.484 e. The number of aryl methyl sites for hydroxylation is 1. The van der Waals surface area contributed by atoms with Crippen molar-refractivity contribution in [3.63, 3.8) is 0 Å². The maximum atomic E-state index is 12.6. The molecule has 2 aliphatic rings. The molecule has 0 unspecified atom stereocenters. The van der Waals surface area contributed by atoms with E-state index in [-0.39, 0.29) is 36.7 Å². The average Bonchev–Trinajstić information content (AvgIpc) is 3.27. The Labute approximate surface area is 219 Å². The number of hydrogen-bond acceptors (Lipinski definition) is 6. The van der Waals surface area contributed by atoms with E-state index in [9.17, 15) is 14.4 Å². The van der Waals surface area contributed by atoms with Gasteiger partial charge in [0.1, 0.15) is 5.75 Å². The van der Waals surface area contributed by atoms with E-state index in [0.717, 1.165) is 42.9 Å². The Morgan fingerprint density at radius 3 is 2.61 bits per heavy atom. The molecule has 36 heavy (non-hydrogen) atoms. The summed E-state index contributed by atoms with van der Waals surface area (Å²) < 4.78 is 11.9. The first kappa shape index (κ1) is 26.1. The quantitative estimate of drug-likeness (QED) is 0.490. The molecule has 4 rings (SSSR count). The van der Waals surface area contributed by atoms with E-state index in [4.69, 9.17) is 9.47 Å². The third kappa shape index (κ3) is 7.05. The number of rotatable bonds is 9. The van der Waals surface area contributed by atoms with Crippen molar-refractivity contribution < 1.29 is 23.9 Å². The second kappa shape index (κ2) is 12.3. The fraction of sp³-hybridized carbons (Fsp3) is 0.423. The van der Waals surface area contributed by atoms with Crippen molar-refractivity contribution in [3.8, 4) is 5.75 Å². The van der Waals surface area contributed by atoms with Crippen molar-refractivity contribution in [1.29, 1.82) is 0 Å². The summed E-state index contributed by atoms with van der Waals surface area (Å²) in [5.74, 6) is -0.292. The van der Waals surface area contributed by atoms with Crippen molar-refractivity contribution in [3.05, 3.63) is 52.5 Å². The molecule has 0 bridgehead atoms. The van der Waals surface area contributed by atoms with Crippen LogP contribution in [0.15, 0.2) is 46.9 Å². The van der Waals surface area contributed by atoms with E-state index < -0.39 is 0 Å². The highest BCUT2D eigenvalue weighted by atomic mass is 79.9. The lowest BCUT2D eigenvalue weighted by Gasteiger charge is -2.26. The lowest BCUT2D eigenvalue weighted by Crippen LogP contribution is -2.42. The summed E-state index contributed by atoms with van der Waals surface area (Å²) in [6, 6.07) is 12.5. The van der Waals surface area contributed by atoms with Crippen LogP contribution in [0.5, 0.6) is 5.75 Å². The van der Waals surface area contributed by atoms with Gasteiger partial charge in [0.25, 0.3) is 5.91 Å². The van der Waals surface area contributed by atoms with E-state index in [1.54, 1.807) is 29.2 Å². The summed E-state index contributed by atoms with van der Waals surface area (Å²) in [7, 11) is 0. The molecule has 2 aromatic carbocycles. The number of benzene rings is 2. The number of amides is 3. The highest BCUT2D eigenvalue weighted by Gasteiger charge is 2.35. The Kier molecular flexibility index (Phi) is 8.95. The number of halogens is 1. The van der Waals surface area contributed by atoms with Crippen LogP contribution < -0.4 is 20.3 Å². The lowest BCUT2D eigenvalue weighted by molar-refractivity contribution is -0.126. The summed E-state index contributed by atoms with van der Waals surface area (Å²) in [5, 5.41) is 5.77. The number of carbonyl (C=O) groups excluding carboxylic acids is 3. The van der Waals surface area contributed by atoms with Gasteiger partial charge in [-0.05, 0) is 55.0 Å². The molecule has 2 heterocycles. The molecular formula is C26H31BrN4O5. The Balaban J connectivity index is 1.22. The van der Waals surface area contributed by atoms with Crippen LogP contribution in [0.3, 0.4) is 0 Å². The van der Waals surface area contributed by atoms with Gasteiger partial charge in [0.05, 0.1) is 19.1 Å². The summed E-state index contributed by atoms with van der Waals surface area (Å²) >= 11 is 3.44. The van der Waals surface area contributed by atoms with Crippen LogP contribution in [0.2, 0.25) is 0 Å². The molecule has 9 nitrogen and oxygen atoms in total. The van der Waals surface area contributed by atoms with E-state index in [0.29, 0.717) is 30.2 Å². The van der Waals surface area contributed by atoms with Gasteiger partial charge in [-0.3, -0.25) is 19.3 Å². The van der Waals surface area contributed by atoms with Crippen LogP contribution in [-0.4, -0.2) is 75.2 Å². The standard InChI is InChI=1S/C26H31BrN4O5/c1-18-14-20(2-7-23(18)27)29-24(32)17-36-22-5-3-21(4-6-22)31-16-19(15-25(31)33)26(34)28-8-9-30-10-12-35-13-11-30/h2-7,14,19H,8-13,15-17H2,1H3,(H,28,34)(H,29,32)/t19-/m1/s1. The molecule has 0 radical (unpaired) electrons. The van der Waals surface area contributed by atoms with Crippen LogP contribution in [0.25, 0.3) is 0 Å². The molecule has 192 valence electrons. The van der Waals surface area contributed by atoms with Gasteiger partial charge in [-0.2, -0.15) is 0 Å². The monoisotopic (exact) mass is 558 g/mol. The summed E-state index contributed by atoms with van der Waals surface area (Å²) in [6.45, 7) is 6.70. The minimum Gasteiger partial charge on any atom is -0.484 e. The van der Waals surface area contributed by atoms with Gasteiger partial charge in [-0.25, -0.2) is 0 Å². The van der Waals surface area contributed by atoms with Gasteiger partial charge in [-0.1, -0.05) is 15.9 Å². The number of nitrogens with zero attached hydrogens (tertiary/aromatic N) is 2. The molecule has 3 amide bonds. The predicted octanol–water partition coefficient (Wildman–Crippen LogP) is 2.58. The molecule has 0 aromatic heterocycles. The normalized spacial score (nSPS) is 18.2. The zero-order valence-electron chi connectivity index (χ0n) is 20.3. The van der Waals surface area contributed by atoms with Crippen molar-refractivity contribution in [1.82, 2.24) is 10.2 Å². The Bertz CT molecular complexity index is 1090. The zero-order valence-corrected chi connectivity index (χ0v) is 21.9. The molecule has 0 saturated carbocycles. The highest BCUT2D eigenvalue weighted by molar-refractivity contribution is 9.10. The zero-order chi connectivity index (χ0) is 25.5. The van der Waals surface area contributed by atoms with Crippen LogP contribution in [0.4, 0.5) is 11.4 Å². The summed E-state index contributed by atoms with van der Waals surface area (Å²) in [5.41, 5.74) is 2.42. The second-order valence-electron chi connectivity index (χ2n) is 8.95. The van der Waals surface area contributed by atoms with Crippen molar-refractivity contribution in [2.45, 2.75) is 13.3 Å².